The van der Waals surface area contributed by atoms with E-state index in [1.54, 1.807) is 23.1 Å². The molecule has 0 bridgehead atoms. The van der Waals surface area contributed by atoms with E-state index in [1.165, 1.54) is 11.3 Å². The third-order valence-electron chi connectivity index (χ3n) is 4.83. The van der Waals surface area contributed by atoms with Gasteiger partial charge in [-0.2, -0.15) is 0 Å². The van der Waals surface area contributed by atoms with Crippen molar-refractivity contribution >= 4 is 66.0 Å². The molecule has 5 rings (SSSR count). The van der Waals surface area contributed by atoms with Crippen LogP contribution in [-0.4, -0.2) is 22.3 Å². The molecule has 0 unspecified atom stereocenters. The fourth-order valence-corrected chi connectivity index (χ4v) is 6.06. The van der Waals surface area contributed by atoms with Gasteiger partial charge in [-0.1, -0.05) is 83.8 Å². The molecule has 154 valence electrons. The minimum Gasteiger partial charge on any atom is -0.327 e. The number of rotatable bonds is 5. The van der Waals surface area contributed by atoms with Gasteiger partial charge in [0.25, 0.3) is 0 Å². The number of thiazole rings is 2. The fourth-order valence-electron chi connectivity index (χ4n) is 3.41. The second-order valence-corrected chi connectivity index (χ2v) is 9.87. The molecule has 0 saturated heterocycles. The van der Waals surface area contributed by atoms with Crippen LogP contribution in [0, 0.1) is 0 Å². The number of carbonyl (C=O) groups is 1. The van der Waals surface area contributed by atoms with Crippen LogP contribution >= 0.6 is 34.4 Å². The third-order valence-corrected chi connectivity index (χ3v) is 8.04. The maximum atomic E-state index is 12.9. The molecule has 31 heavy (non-hydrogen) atoms. The van der Waals surface area contributed by atoms with Gasteiger partial charge >= 0.3 is 6.03 Å². The van der Waals surface area contributed by atoms with Crippen LogP contribution in [0.15, 0.2) is 77.1 Å². The molecule has 5 aromatic rings. The summed E-state index contributed by atoms with van der Waals surface area (Å²) < 4.78 is 3.18. The Balaban J connectivity index is 1.41. The number of hydrogen-bond donors (Lipinski definition) is 2. The van der Waals surface area contributed by atoms with E-state index in [0.29, 0.717) is 5.13 Å². The highest BCUT2D eigenvalue weighted by Gasteiger charge is 2.18. The average molecular weight is 463 g/mol. The minimum atomic E-state index is -0.290. The van der Waals surface area contributed by atoms with E-state index in [-0.39, 0.29) is 12.1 Å². The lowest BCUT2D eigenvalue weighted by Crippen LogP contribution is -2.33. The van der Waals surface area contributed by atoms with Crippen LogP contribution in [0.3, 0.4) is 0 Å². The molecular formula is C23H18N4OS3. The quantitative estimate of drug-likeness (QED) is 0.291. The number of nitrogens with one attached hydrogen (secondary N) is 2. The lowest BCUT2D eigenvalue weighted by Gasteiger charge is -2.19. The van der Waals surface area contributed by atoms with Crippen molar-refractivity contribution in [3.8, 4) is 0 Å². The molecule has 2 N–H and O–H groups in total. The van der Waals surface area contributed by atoms with E-state index in [9.17, 15) is 4.79 Å². The van der Waals surface area contributed by atoms with Gasteiger partial charge in [0, 0.05) is 0 Å². The summed E-state index contributed by atoms with van der Waals surface area (Å²) in [6.07, 6.45) is 2.02. The number of amides is 2. The number of carbonyl (C=O) groups excluding carboxylic acids is 1. The van der Waals surface area contributed by atoms with Crippen LogP contribution in [0.2, 0.25) is 0 Å². The second-order valence-electron chi connectivity index (χ2n) is 6.82. The van der Waals surface area contributed by atoms with Gasteiger partial charge in [0.05, 0.1) is 26.5 Å². The smallest absolute Gasteiger partial charge is 0.321 e. The maximum Gasteiger partial charge on any atom is 0.321 e. The van der Waals surface area contributed by atoms with Crippen LogP contribution in [0.25, 0.3) is 20.4 Å². The summed E-state index contributed by atoms with van der Waals surface area (Å²) in [7, 11) is 0. The molecule has 0 atom stereocenters. The van der Waals surface area contributed by atoms with Gasteiger partial charge in [-0.15, -0.1) is 11.3 Å². The number of aromatic nitrogens is 2. The number of nitrogens with zero attached hydrogens (tertiary/aromatic N) is 2. The zero-order valence-corrected chi connectivity index (χ0v) is 19.0. The van der Waals surface area contributed by atoms with Crippen molar-refractivity contribution in [3.63, 3.8) is 0 Å². The highest BCUT2D eigenvalue weighted by atomic mass is 32.2. The molecule has 0 aliphatic heterocycles. The van der Waals surface area contributed by atoms with Gasteiger partial charge < -0.3 is 5.32 Å². The van der Waals surface area contributed by atoms with Gasteiger partial charge in [0.15, 0.2) is 9.47 Å². The number of thioether (sulfide) groups is 1. The summed E-state index contributed by atoms with van der Waals surface area (Å²) in [5.41, 5.74) is 3.87. The van der Waals surface area contributed by atoms with Crippen LogP contribution in [0.4, 0.5) is 9.93 Å². The van der Waals surface area contributed by atoms with Gasteiger partial charge in [-0.05, 0) is 29.5 Å². The van der Waals surface area contributed by atoms with Crippen LogP contribution in [0.1, 0.15) is 17.2 Å². The first-order valence-electron chi connectivity index (χ1n) is 9.63. The second kappa shape index (κ2) is 8.66. The SMILES string of the molecule is CSc1nc2ccc3nc(NC(=O)NC(c4ccccc4)c4ccccc4)sc3c2s1. The van der Waals surface area contributed by atoms with Gasteiger partial charge in [0.2, 0.25) is 0 Å². The first kappa shape index (κ1) is 20.0. The van der Waals surface area contributed by atoms with Crippen molar-refractivity contribution in [2.75, 3.05) is 11.6 Å². The Kier molecular flexibility index (Phi) is 5.59. The standard InChI is InChI=1S/C23H18N4OS3/c1-29-23-25-17-13-12-16-19(20(17)31-23)30-22(24-16)27-21(28)26-18(14-8-4-2-5-9-14)15-10-6-3-7-11-15/h2-13,18H,1H3,(H2,24,26,27,28). The van der Waals surface area contributed by atoms with Crippen molar-refractivity contribution in [3.05, 3.63) is 83.9 Å². The zero-order valence-electron chi connectivity index (χ0n) is 16.5. The van der Waals surface area contributed by atoms with Crippen molar-refractivity contribution in [2.24, 2.45) is 0 Å². The fraction of sp³-hybridized carbons (Fsp3) is 0.0870. The maximum absolute atomic E-state index is 12.9. The molecule has 2 amide bonds. The summed E-state index contributed by atoms with van der Waals surface area (Å²) in [5, 5.41) is 6.59. The van der Waals surface area contributed by atoms with E-state index in [1.807, 2.05) is 79.1 Å². The summed E-state index contributed by atoms with van der Waals surface area (Å²) in [6, 6.07) is 23.3. The van der Waals surface area contributed by atoms with Crippen molar-refractivity contribution in [1.29, 1.82) is 0 Å². The topological polar surface area (TPSA) is 66.9 Å². The van der Waals surface area contributed by atoms with Gasteiger partial charge in [-0.25, -0.2) is 14.8 Å². The van der Waals surface area contributed by atoms with E-state index in [2.05, 4.69) is 20.6 Å². The lowest BCUT2D eigenvalue weighted by atomic mass is 9.99. The molecule has 2 heterocycles. The molecule has 0 fully saturated rings. The van der Waals surface area contributed by atoms with Crippen LogP contribution in [-0.2, 0) is 0 Å². The van der Waals surface area contributed by atoms with Crippen LogP contribution < -0.4 is 10.6 Å². The molecule has 0 saturated carbocycles. The monoisotopic (exact) mass is 462 g/mol. The Bertz CT molecular complexity index is 1310. The summed E-state index contributed by atoms with van der Waals surface area (Å²) in [4.78, 5) is 22.1. The van der Waals surface area contributed by atoms with Crippen molar-refractivity contribution < 1.29 is 4.79 Å². The number of anilines is 1. The lowest BCUT2D eigenvalue weighted by molar-refractivity contribution is 0.250. The van der Waals surface area contributed by atoms with Crippen LogP contribution in [0.5, 0.6) is 0 Å². The molecule has 8 heteroatoms. The molecule has 0 aliphatic rings. The summed E-state index contributed by atoms with van der Waals surface area (Å²) in [5.74, 6) is 0. The molecular weight excluding hydrogens is 444 g/mol. The predicted octanol–water partition coefficient (Wildman–Crippen LogP) is 6.54. The molecule has 2 aromatic heterocycles. The largest absolute Gasteiger partial charge is 0.327 e. The average Bonchev–Trinajstić information content (AvgIpc) is 3.41. The highest BCUT2D eigenvalue weighted by Crippen LogP contribution is 2.38. The Labute approximate surface area is 191 Å². The predicted molar refractivity (Wildman–Crippen MR) is 131 cm³/mol. The highest BCUT2D eigenvalue weighted by molar-refractivity contribution is 8.00. The van der Waals surface area contributed by atoms with Crippen molar-refractivity contribution in [2.45, 2.75) is 10.4 Å². The van der Waals surface area contributed by atoms with E-state index < -0.39 is 0 Å². The number of benzene rings is 3. The minimum absolute atomic E-state index is 0.255. The number of hydrogen-bond acceptors (Lipinski definition) is 6. The Morgan fingerprint density at radius 1 is 0.839 bits per heavy atom. The van der Waals surface area contributed by atoms with Crippen molar-refractivity contribution in [1.82, 2.24) is 15.3 Å². The molecule has 5 nitrogen and oxygen atoms in total. The van der Waals surface area contributed by atoms with Gasteiger partial charge in [0.1, 0.15) is 0 Å². The number of urea groups is 1. The van der Waals surface area contributed by atoms with E-state index in [4.69, 9.17) is 0 Å². The van der Waals surface area contributed by atoms with Gasteiger partial charge in [-0.3, -0.25) is 5.32 Å². The Hall–Kier alpha value is -2.94. The zero-order chi connectivity index (χ0) is 21.2. The first-order valence-corrected chi connectivity index (χ1v) is 12.5. The number of fused-ring (bicyclic) bond motifs is 3. The Morgan fingerprint density at radius 2 is 1.42 bits per heavy atom. The Morgan fingerprint density at radius 3 is 2.03 bits per heavy atom. The third kappa shape index (κ3) is 4.14. The summed E-state index contributed by atoms with van der Waals surface area (Å²) >= 11 is 4.77. The normalized spacial score (nSPS) is 11.3. The van der Waals surface area contributed by atoms with E-state index in [0.717, 1.165) is 35.9 Å². The van der Waals surface area contributed by atoms with E-state index >= 15 is 0 Å². The summed E-state index contributed by atoms with van der Waals surface area (Å²) in [6.45, 7) is 0. The molecule has 0 aliphatic carbocycles. The molecule has 0 radical (unpaired) electrons. The molecule has 3 aromatic carbocycles. The first-order chi connectivity index (χ1) is 15.2. The molecule has 0 spiro atoms.